The summed E-state index contributed by atoms with van der Waals surface area (Å²) >= 11 is 1.41. The third-order valence-electron chi connectivity index (χ3n) is 4.62. The van der Waals surface area contributed by atoms with Gasteiger partial charge in [0.05, 0.1) is 5.75 Å². The van der Waals surface area contributed by atoms with Gasteiger partial charge in [-0.15, -0.1) is 5.10 Å². The van der Waals surface area contributed by atoms with E-state index in [0.717, 1.165) is 26.2 Å². The lowest BCUT2D eigenvalue weighted by Crippen LogP contribution is -2.49. The lowest BCUT2D eigenvalue weighted by molar-refractivity contribution is -0.130. The van der Waals surface area contributed by atoms with Gasteiger partial charge in [0.25, 0.3) is 0 Å². The van der Waals surface area contributed by atoms with E-state index in [-0.39, 0.29) is 5.91 Å². The first-order valence-corrected chi connectivity index (χ1v) is 9.63. The molecule has 0 saturated carbocycles. The fraction of sp³-hybridized carbons (Fsp3) is 0.529. The summed E-state index contributed by atoms with van der Waals surface area (Å²) in [6, 6.07) is 10.9. The molecule has 1 aliphatic rings. The highest BCUT2D eigenvalue weighted by Gasteiger charge is 2.25. The van der Waals surface area contributed by atoms with Gasteiger partial charge in [-0.3, -0.25) is 9.69 Å². The van der Waals surface area contributed by atoms with Crippen molar-refractivity contribution in [3.63, 3.8) is 0 Å². The van der Waals surface area contributed by atoms with Crippen molar-refractivity contribution in [1.82, 2.24) is 30.0 Å². The van der Waals surface area contributed by atoms with Crippen molar-refractivity contribution < 1.29 is 4.79 Å². The van der Waals surface area contributed by atoms with Crippen LogP contribution in [-0.2, 0) is 11.3 Å². The van der Waals surface area contributed by atoms with E-state index in [1.165, 1.54) is 17.3 Å². The van der Waals surface area contributed by atoms with Crippen LogP contribution in [0.25, 0.3) is 0 Å². The number of piperazine rings is 1. The number of hydrogen-bond donors (Lipinski definition) is 0. The number of rotatable bonds is 6. The largest absolute Gasteiger partial charge is 0.339 e. The van der Waals surface area contributed by atoms with E-state index in [0.29, 0.717) is 23.5 Å². The first kappa shape index (κ1) is 17.9. The van der Waals surface area contributed by atoms with Crippen molar-refractivity contribution in [2.75, 3.05) is 31.9 Å². The van der Waals surface area contributed by atoms with Crippen LogP contribution in [0.2, 0.25) is 0 Å². The van der Waals surface area contributed by atoms with Crippen molar-refractivity contribution in [1.29, 1.82) is 0 Å². The fourth-order valence-corrected chi connectivity index (χ4v) is 3.86. The van der Waals surface area contributed by atoms with Crippen LogP contribution < -0.4 is 0 Å². The van der Waals surface area contributed by atoms with Crippen molar-refractivity contribution in [3.05, 3.63) is 35.9 Å². The van der Waals surface area contributed by atoms with Crippen molar-refractivity contribution >= 4 is 17.7 Å². The Bertz CT molecular complexity index is 683. The zero-order chi connectivity index (χ0) is 17.6. The Morgan fingerprint density at radius 1 is 1.20 bits per heavy atom. The van der Waals surface area contributed by atoms with Crippen molar-refractivity contribution in [3.8, 4) is 0 Å². The molecule has 0 bridgehead atoms. The maximum absolute atomic E-state index is 12.4. The fourth-order valence-electron chi connectivity index (χ4n) is 3.02. The number of carbonyl (C=O) groups is 1. The number of thioether (sulfide) groups is 1. The van der Waals surface area contributed by atoms with Gasteiger partial charge in [-0.25, -0.2) is 4.68 Å². The van der Waals surface area contributed by atoms with Crippen LogP contribution in [0.5, 0.6) is 0 Å². The topological polar surface area (TPSA) is 67.2 Å². The molecule has 7 nitrogen and oxygen atoms in total. The third kappa shape index (κ3) is 4.38. The molecule has 1 aromatic heterocycles. The standard InChI is InChI=1S/C17H24N6OS/c1-3-23-17(18-19-20-23)25-13-16(24)22-11-9-21(10-12-22)14(2)15-7-5-4-6-8-15/h4-8,14H,3,9-13H2,1-2H3/t14-/m1/s1. The van der Waals surface area contributed by atoms with Crippen LogP contribution in [0, 0.1) is 0 Å². The molecule has 1 aliphatic heterocycles. The molecule has 8 heteroatoms. The zero-order valence-corrected chi connectivity index (χ0v) is 15.5. The molecule has 0 radical (unpaired) electrons. The molecule has 134 valence electrons. The smallest absolute Gasteiger partial charge is 0.233 e. The summed E-state index contributed by atoms with van der Waals surface area (Å²) in [7, 11) is 0. The van der Waals surface area contributed by atoms with Gasteiger partial charge < -0.3 is 4.90 Å². The van der Waals surface area contributed by atoms with E-state index in [1.54, 1.807) is 4.68 Å². The number of benzene rings is 1. The lowest BCUT2D eigenvalue weighted by atomic mass is 10.1. The minimum absolute atomic E-state index is 0.155. The molecule has 3 rings (SSSR count). The summed E-state index contributed by atoms with van der Waals surface area (Å²) in [4.78, 5) is 16.8. The van der Waals surface area contributed by atoms with E-state index >= 15 is 0 Å². The SMILES string of the molecule is CCn1nnnc1SCC(=O)N1CCN([C@H](C)c2ccccc2)CC1. The molecule has 0 N–H and O–H groups in total. The van der Waals surface area contributed by atoms with Gasteiger partial charge in [0.2, 0.25) is 11.1 Å². The van der Waals surface area contributed by atoms with Gasteiger partial charge in [-0.05, 0) is 29.8 Å². The van der Waals surface area contributed by atoms with Gasteiger partial charge in [-0.1, -0.05) is 42.1 Å². The first-order chi connectivity index (χ1) is 12.2. The number of aryl methyl sites for hydroxylation is 1. The number of carbonyl (C=O) groups excluding carboxylic acids is 1. The van der Waals surface area contributed by atoms with Crippen LogP contribution in [0.1, 0.15) is 25.5 Å². The number of aromatic nitrogens is 4. The summed E-state index contributed by atoms with van der Waals surface area (Å²) in [6.07, 6.45) is 0. The normalized spacial score (nSPS) is 16.8. The van der Waals surface area contributed by atoms with Crippen LogP contribution in [-0.4, -0.2) is 67.8 Å². The van der Waals surface area contributed by atoms with E-state index < -0.39 is 0 Å². The van der Waals surface area contributed by atoms with Crippen LogP contribution in [0.4, 0.5) is 0 Å². The van der Waals surface area contributed by atoms with E-state index in [1.807, 2.05) is 17.9 Å². The maximum atomic E-state index is 12.4. The van der Waals surface area contributed by atoms with Gasteiger partial charge in [0, 0.05) is 38.8 Å². The molecule has 0 aliphatic carbocycles. The van der Waals surface area contributed by atoms with Gasteiger partial charge in [-0.2, -0.15) is 0 Å². The molecule has 2 heterocycles. The molecule has 25 heavy (non-hydrogen) atoms. The summed E-state index contributed by atoms with van der Waals surface area (Å²) in [5.41, 5.74) is 1.32. The Balaban J connectivity index is 1.47. The van der Waals surface area contributed by atoms with Crippen LogP contribution >= 0.6 is 11.8 Å². The Morgan fingerprint density at radius 3 is 2.60 bits per heavy atom. The Hall–Kier alpha value is -1.93. The predicted molar refractivity (Wildman–Crippen MR) is 97.2 cm³/mol. The number of tetrazole rings is 1. The van der Waals surface area contributed by atoms with E-state index in [4.69, 9.17) is 0 Å². The summed E-state index contributed by atoms with van der Waals surface area (Å²) < 4.78 is 1.71. The molecule has 0 spiro atoms. The molecule has 1 atom stereocenters. The highest BCUT2D eigenvalue weighted by molar-refractivity contribution is 7.99. The summed E-state index contributed by atoms with van der Waals surface area (Å²) in [5, 5.41) is 12.2. The molecular formula is C17H24N6OS. The van der Waals surface area contributed by atoms with E-state index in [9.17, 15) is 4.79 Å². The highest BCUT2D eigenvalue weighted by Crippen LogP contribution is 2.22. The molecule has 2 aromatic rings. The Morgan fingerprint density at radius 2 is 1.92 bits per heavy atom. The zero-order valence-electron chi connectivity index (χ0n) is 14.7. The molecule has 1 fully saturated rings. The molecule has 0 unspecified atom stereocenters. The minimum atomic E-state index is 0.155. The predicted octanol–water partition coefficient (Wildman–Crippen LogP) is 1.69. The molecule has 1 amide bonds. The Labute approximate surface area is 152 Å². The second kappa shape index (κ2) is 8.44. The lowest BCUT2D eigenvalue weighted by Gasteiger charge is -2.38. The monoisotopic (exact) mass is 360 g/mol. The number of hydrogen-bond acceptors (Lipinski definition) is 6. The van der Waals surface area contributed by atoms with E-state index in [2.05, 4.69) is 51.6 Å². The first-order valence-electron chi connectivity index (χ1n) is 8.64. The van der Waals surface area contributed by atoms with Crippen molar-refractivity contribution in [2.24, 2.45) is 0 Å². The molecule has 1 aromatic carbocycles. The minimum Gasteiger partial charge on any atom is -0.339 e. The maximum Gasteiger partial charge on any atom is 0.233 e. The third-order valence-corrected chi connectivity index (χ3v) is 5.56. The van der Waals surface area contributed by atoms with Crippen LogP contribution in [0.15, 0.2) is 35.5 Å². The average molecular weight is 360 g/mol. The van der Waals surface area contributed by atoms with Crippen LogP contribution in [0.3, 0.4) is 0 Å². The highest BCUT2D eigenvalue weighted by atomic mass is 32.2. The van der Waals surface area contributed by atoms with Gasteiger partial charge in [0.15, 0.2) is 0 Å². The van der Waals surface area contributed by atoms with Gasteiger partial charge in [0.1, 0.15) is 0 Å². The number of nitrogens with zero attached hydrogens (tertiary/aromatic N) is 6. The molecule has 1 saturated heterocycles. The Kier molecular flexibility index (Phi) is 6.04. The summed E-state index contributed by atoms with van der Waals surface area (Å²) in [5.74, 6) is 0.539. The average Bonchev–Trinajstić information content (AvgIpc) is 3.14. The molecular weight excluding hydrogens is 336 g/mol. The number of amides is 1. The van der Waals surface area contributed by atoms with Crippen molar-refractivity contribution in [2.45, 2.75) is 31.6 Å². The second-order valence-electron chi connectivity index (χ2n) is 6.07. The summed E-state index contributed by atoms with van der Waals surface area (Å²) in [6.45, 7) is 8.27. The second-order valence-corrected chi connectivity index (χ2v) is 7.01. The van der Waals surface area contributed by atoms with Gasteiger partial charge >= 0.3 is 0 Å². The quantitative estimate of drug-likeness (QED) is 0.731.